The van der Waals surface area contributed by atoms with Gasteiger partial charge in [0.2, 0.25) is 5.91 Å². The molecule has 0 radical (unpaired) electrons. The van der Waals surface area contributed by atoms with Crippen molar-refractivity contribution in [3.8, 4) is 0 Å². The van der Waals surface area contributed by atoms with Crippen LogP contribution in [0.2, 0.25) is 5.02 Å². The van der Waals surface area contributed by atoms with Crippen LogP contribution in [-0.2, 0) is 9.53 Å². The number of carbonyl (C=O) groups excluding carboxylic acids is 2. The number of rotatable bonds is 5. The molecule has 0 aliphatic rings. The predicted molar refractivity (Wildman–Crippen MR) is 88.6 cm³/mol. The Morgan fingerprint density at radius 3 is 2.59 bits per heavy atom. The summed E-state index contributed by atoms with van der Waals surface area (Å²) in [5, 5.41) is 3.12. The molecule has 0 atom stereocenters. The Morgan fingerprint density at radius 1 is 1.18 bits per heavy atom. The summed E-state index contributed by atoms with van der Waals surface area (Å²) in [6, 6.07) is 14.2. The lowest BCUT2D eigenvalue weighted by Gasteiger charge is -2.10. The number of hydrogen-bond donors (Lipinski definition) is 1. The van der Waals surface area contributed by atoms with Gasteiger partial charge in [-0.05, 0) is 30.3 Å². The normalized spacial score (nSPS) is 10.1. The van der Waals surface area contributed by atoms with Crippen molar-refractivity contribution < 1.29 is 14.3 Å². The van der Waals surface area contributed by atoms with Crippen LogP contribution in [0.4, 0.5) is 5.69 Å². The Morgan fingerprint density at radius 2 is 1.91 bits per heavy atom. The standard InChI is InChI=1S/C16H14ClNO3S/c1-21-16(20)13-8-7-11(17)9-14(13)18-15(19)10-22-12-5-3-2-4-6-12/h2-9H,10H2,1H3,(H,18,19). The maximum absolute atomic E-state index is 12.0. The number of carbonyl (C=O) groups is 2. The van der Waals surface area contributed by atoms with Gasteiger partial charge in [-0.2, -0.15) is 0 Å². The number of esters is 1. The highest BCUT2D eigenvalue weighted by Gasteiger charge is 2.14. The van der Waals surface area contributed by atoms with Crippen LogP contribution in [0.5, 0.6) is 0 Å². The Balaban J connectivity index is 2.04. The summed E-state index contributed by atoms with van der Waals surface area (Å²) >= 11 is 7.32. The molecular weight excluding hydrogens is 322 g/mol. The van der Waals surface area contributed by atoms with Gasteiger partial charge in [-0.15, -0.1) is 11.8 Å². The summed E-state index contributed by atoms with van der Waals surface area (Å²) in [7, 11) is 1.29. The van der Waals surface area contributed by atoms with Gasteiger partial charge in [0.05, 0.1) is 24.1 Å². The van der Waals surface area contributed by atoms with E-state index >= 15 is 0 Å². The van der Waals surface area contributed by atoms with Gasteiger partial charge < -0.3 is 10.1 Å². The molecule has 2 rings (SSSR count). The maximum Gasteiger partial charge on any atom is 0.339 e. The van der Waals surface area contributed by atoms with Gasteiger partial charge in [0.1, 0.15) is 0 Å². The maximum atomic E-state index is 12.0. The van der Waals surface area contributed by atoms with Crippen LogP contribution in [0.1, 0.15) is 10.4 Å². The highest BCUT2D eigenvalue weighted by Crippen LogP contribution is 2.23. The van der Waals surface area contributed by atoms with Crippen molar-refractivity contribution in [2.45, 2.75) is 4.90 Å². The topological polar surface area (TPSA) is 55.4 Å². The van der Waals surface area contributed by atoms with E-state index in [9.17, 15) is 9.59 Å². The minimum absolute atomic E-state index is 0.221. The first kappa shape index (κ1) is 16.4. The quantitative estimate of drug-likeness (QED) is 0.666. The van der Waals surface area contributed by atoms with E-state index in [1.165, 1.54) is 31.0 Å². The van der Waals surface area contributed by atoms with E-state index in [2.05, 4.69) is 10.1 Å². The molecule has 0 aliphatic heterocycles. The van der Waals surface area contributed by atoms with Gasteiger partial charge in [0, 0.05) is 9.92 Å². The minimum Gasteiger partial charge on any atom is -0.465 e. The monoisotopic (exact) mass is 335 g/mol. The van der Waals surface area contributed by atoms with Crippen molar-refractivity contribution in [1.82, 2.24) is 0 Å². The molecular formula is C16H14ClNO3S. The van der Waals surface area contributed by atoms with Gasteiger partial charge in [0.15, 0.2) is 0 Å². The summed E-state index contributed by atoms with van der Waals surface area (Å²) in [6.45, 7) is 0. The molecule has 0 fully saturated rings. The zero-order chi connectivity index (χ0) is 15.9. The zero-order valence-corrected chi connectivity index (χ0v) is 13.4. The highest BCUT2D eigenvalue weighted by atomic mass is 35.5. The second-order valence-electron chi connectivity index (χ2n) is 4.33. The number of benzene rings is 2. The molecule has 0 spiro atoms. The van der Waals surface area contributed by atoms with Gasteiger partial charge in [-0.1, -0.05) is 29.8 Å². The van der Waals surface area contributed by atoms with Crippen LogP contribution in [0.3, 0.4) is 0 Å². The first-order valence-electron chi connectivity index (χ1n) is 6.45. The molecule has 1 N–H and O–H groups in total. The second kappa shape index (κ2) is 7.87. The van der Waals surface area contributed by atoms with Crippen LogP contribution in [0.25, 0.3) is 0 Å². The number of thioether (sulfide) groups is 1. The number of amides is 1. The summed E-state index contributed by atoms with van der Waals surface area (Å²) in [5.41, 5.74) is 0.614. The van der Waals surface area contributed by atoms with Gasteiger partial charge in [-0.25, -0.2) is 4.79 Å². The van der Waals surface area contributed by atoms with Gasteiger partial charge in [0.25, 0.3) is 0 Å². The molecule has 0 bridgehead atoms. The molecule has 0 aromatic heterocycles. The van der Waals surface area contributed by atoms with Crippen LogP contribution < -0.4 is 5.32 Å². The molecule has 6 heteroatoms. The lowest BCUT2D eigenvalue weighted by molar-refractivity contribution is -0.113. The van der Waals surface area contributed by atoms with E-state index in [4.69, 9.17) is 11.6 Å². The predicted octanol–water partition coefficient (Wildman–Crippen LogP) is 3.86. The van der Waals surface area contributed by atoms with E-state index in [1.807, 2.05) is 30.3 Å². The van der Waals surface area contributed by atoms with Gasteiger partial charge >= 0.3 is 5.97 Å². The van der Waals surface area contributed by atoms with Gasteiger partial charge in [-0.3, -0.25) is 4.79 Å². The van der Waals surface area contributed by atoms with Crippen molar-refractivity contribution in [2.75, 3.05) is 18.2 Å². The third-order valence-electron chi connectivity index (χ3n) is 2.77. The third kappa shape index (κ3) is 4.51. The molecule has 22 heavy (non-hydrogen) atoms. The van der Waals surface area contributed by atoms with Crippen molar-refractivity contribution in [2.24, 2.45) is 0 Å². The molecule has 114 valence electrons. The largest absolute Gasteiger partial charge is 0.465 e. The fourth-order valence-electron chi connectivity index (χ4n) is 1.76. The molecule has 0 saturated carbocycles. The number of hydrogen-bond acceptors (Lipinski definition) is 4. The molecule has 2 aromatic rings. The fourth-order valence-corrected chi connectivity index (χ4v) is 2.65. The average Bonchev–Trinajstić information content (AvgIpc) is 2.53. The lowest BCUT2D eigenvalue weighted by atomic mass is 10.2. The minimum atomic E-state index is -0.525. The zero-order valence-electron chi connectivity index (χ0n) is 11.8. The summed E-state index contributed by atoms with van der Waals surface area (Å²) < 4.78 is 4.69. The number of anilines is 1. The van der Waals surface area contributed by atoms with E-state index in [0.29, 0.717) is 10.7 Å². The lowest BCUT2D eigenvalue weighted by Crippen LogP contribution is -2.17. The molecule has 4 nitrogen and oxygen atoms in total. The second-order valence-corrected chi connectivity index (χ2v) is 5.82. The smallest absolute Gasteiger partial charge is 0.339 e. The SMILES string of the molecule is COC(=O)c1ccc(Cl)cc1NC(=O)CSc1ccccc1. The van der Waals surface area contributed by atoms with E-state index in [0.717, 1.165) is 4.90 Å². The molecule has 2 aromatic carbocycles. The first-order chi connectivity index (χ1) is 10.6. The van der Waals surface area contributed by atoms with Crippen LogP contribution in [-0.4, -0.2) is 24.7 Å². The third-order valence-corrected chi connectivity index (χ3v) is 4.02. The number of ether oxygens (including phenoxy) is 1. The van der Waals surface area contributed by atoms with Crippen LogP contribution >= 0.6 is 23.4 Å². The van der Waals surface area contributed by atoms with Crippen LogP contribution in [0, 0.1) is 0 Å². The highest BCUT2D eigenvalue weighted by molar-refractivity contribution is 8.00. The molecule has 0 aliphatic carbocycles. The van der Waals surface area contributed by atoms with Crippen molar-refractivity contribution in [3.05, 3.63) is 59.1 Å². The average molecular weight is 336 g/mol. The summed E-state index contributed by atoms with van der Waals surface area (Å²) in [4.78, 5) is 24.7. The molecule has 0 saturated heterocycles. The Bertz CT molecular complexity index is 676. The van der Waals surface area contributed by atoms with Crippen molar-refractivity contribution >= 4 is 40.9 Å². The van der Waals surface area contributed by atoms with Crippen molar-refractivity contribution in [1.29, 1.82) is 0 Å². The fraction of sp³-hybridized carbons (Fsp3) is 0.125. The summed E-state index contributed by atoms with van der Waals surface area (Å²) in [6.07, 6.45) is 0. The first-order valence-corrected chi connectivity index (χ1v) is 7.82. The molecule has 1 amide bonds. The van der Waals surface area contributed by atoms with E-state index in [1.54, 1.807) is 6.07 Å². The Labute approximate surface area is 137 Å². The molecule has 0 heterocycles. The number of halogens is 1. The molecule has 0 unspecified atom stereocenters. The number of nitrogens with one attached hydrogen (secondary N) is 1. The van der Waals surface area contributed by atoms with Crippen molar-refractivity contribution in [3.63, 3.8) is 0 Å². The van der Waals surface area contributed by atoms with Crippen LogP contribution in [0.15, 0.2) is 53.4 Å². The summed E-state index contributed by atoms with van der Waals surface area (Å²) in [5.74, 6) is -0.513. The van der Waals surface area contributed by atoms with E-state index < -0.39 is 5.97 Å². The van der Waals surface area contributed by atoms with E-state index in [-0.39, 0.29) is 17.2 Å². The number of methoxy groups -OCH3 is 1. The Hall–Kier alpha value is -1.98. The Kier molecular flexibility index (Phi) is 5.86.